The molecule has 0 atom stereocenters. The smallest absolute Gasteiger partial charge is 0.338 e. The molecule has 0 amide bonds. The highest BCUT2D eigenvalue weighted by molar-refractivity contribution is 6.63. The van der Waals surface area contributed by atoms with Crippen molar-refractivity contribution in [3.05, 3.63) is 112 Å². The van der Waals surface area contributed by atoms with Crippen LogP contribution < -0.4 is 4.74 Å². The van der Waals surface area contributed by atoms with Crippen LogP contribution in [-0.4, -0.2) is 21.2 Å². The molecule has 0 N–H and O–H groups in total. The molecule has 1 aromatic heterocycles. The predicted molar refractivity (Wildman–Crippen MR) is 133 cm³/mol. The van der Waals surface area contributed by atoms with E-state index >= 15 is 0 Å². The van der Waals surface area contributed by atoms with E-state index in [4.69, 9.17) is 32.7 Å². The molecular formula is C27H20Cl2N2O4. The topological polar surface area (TPSA) is 78.4 Å². The molecule has 176 valence electrons. The van der Waals surface area contributed by atoms with E-state index in [1.165, 1.54) is 0 Å². The minimum Gasteiger partial charge on any atom is -0.473 e. The van der Waals surface area contributed by atoms with Crippen molar-refractivity contribution in [1.29, 1.82) is 0 Å². The predicted octanol–water partition coefficient (Wildman–Crippen LogP) is 6.04. The fraction of sp³-hybridized carbons (Fsp3) is 0.111. The highest BCUT2D eigenvalue weighted by atomic mass is 35.5. The van der Waals surface area contributed by atoms with Crippen LogP contribution in [0.1, 0.15) is 27.0 Å². The van der Waals surface area contributed by atoms with Gasteiger partial charge in [-0.05, 0) is 34.9 Å². The number of rotatable bonds is 9. The lowest BCUT2D eigenvalue weighted by Gasteiger charge is -2.12. The minimum absolute atomic E-state index is 0.0835. The second kappa shape index (κ2) is 11.6. The van der Waals surface area contributed by atoms with E-state index in [2.05, 4.69) is 9.97 Å². The van der Waals surface area contributed by atoms with Crippen LogP contribution in [0.5, 0.6) is 5.88 Å². The second-order valence-electron chi connectivity index (χ2n) is 7.60. The lowest BCUT2D eigenvalue weighted by molar-refractivity contribution is -0.111. The summed E-state index contributed by atoms with van der Waals surface area (Å²) >= 11 is 11.6. The largest absolute Gasteiger partial charge is 0.473 e. The lowest BCUT2D eigenvalue weighted by atomic mass is 10.1. The first-order valence-electron chi connectivity index (χ1n) is 10.7. The van der Waals surface area contributed by atoms with Gasteiger partial charge in [-0.1, -0.05) is 72.3 Å². The van der Waals surface area contributed by atoms with Gasteiger partial charge in [0.2, 0.25) is 11.1 Å². The molecule has 0 radical (unpaired) electrons. The zero-order valence-corrected chi connectivity index (χ0v) is 20.0. The van der Waals surface area contributed by atoms with Crippen molar-refractivity contribution in [3.63, 3.8) is 0 Å². The molecule has 0 spiro atoms. The van der Waals surface area contributed by atoms with Gasteiger partial charge < -0.3 is 9.47 Å². The summed E-state index contributed by atoms with van der Waals surface area (Å²) in [5.74, 6) is 0.312. The summed E-state index contributed by atoms with van der Waals surface area (Å²) in [6, 6.07) is 23.3. The Morgan fingerprint density at radius 3 is 2.37 bits per heavy atom. The average molecular weight is 507 g/mol. The molecule has 0 aliphatic rings. The van der Waals surface area contributed by atoms with Crippen LogP contribution in [0.3, 0.4) is 0 Å². The molecule has 8 heteroatoms. The maximum Gasteiger partial charge on any atom is 0.338 e. The molecule has 35 heavy (non-hydrogen) atoms. The van der Waals surface area contributed by atoms with Crippen LogP contribution in [0, 0.1) is 0 Å². The van der Waals surface area contributed by atoms with Gasteiger partial charge in [0.1, 0.15) is 13.2 Å². The summed E-state index contributed by atoms with van der Waals surface area (Å²) in [5.41, 5.74) is 3.39. The first-order chi connectivity index (χ1) is 17.0. The molecule has 0 aliphatic carbocycles. The monoisotopic (exact) mass is 506 g/mol. The molecule has 0 saturated carbocycles. The summed E-state index contributed by atoms with van der Waals surface area (Å²) < 4.78 is 11.3. The number of aromatic nitrogens is 2. The lowest BCUT2D eigenvalue weighted by Crippen LogP contribution is -2.10. The van der Waals surface area contributed by atoms with Gasteiger partial charge in [-0.15, -0.1) is 0 Å². The van der Waals surface area contributed by atoms with E-state index in [0.29, 0.717) is 27.9 Å². The van der Waals surface area contributed by atoms with Gasteiger partial charge in [-0.25, -0.2) is 9.78 Å². The summed E-state index contributed by atoms with van der Waals surface area (Å²) in [6.45, 7) is 0.236. The van der Waals surface area contributed by atoms with Gasteiger partial charge in [0.25, 0.3) is 0 Å². The number of esters is 1. The third kappa shape index (κ3) is 6.88. The standard InChI is InChI=1S/C27H20Cl2N2O4/c28-22-11-10-21(23(15-22)27(33)35-16-19-4-2-1-3-5-19)17-34-25-12-13-30-26(31-25)20-8-6-18(7-9-20)14-24(29)32/h1-13,15H,14,16-17H2. The van der Waals surface area contributed by atoms with Crippen molar-refractivity contribution >= 4 is 34.4 Å². The van der Waals surface area contributed by atoms with E-state index in [1.54, 1.807) is 42.6 Å². The molecule has 0 bridgehead atoms. The molecule has 3 aromatic carbocycles. The number of carbonyl (C=O) groups excluding carboxylic acids is 2. The first-order valence-corrected chi connectivity index (χ1v) is 11.5. The van der Waals surface area contributed by atoms with Crippen molar-refractivity contribution in [1.82, 2.24) is 9.97 Å². The molecule has 0 saturated heterocycles. The summed E-state index contributed by atoms with van der Waals surface area (Å²) in [4.78, 5) is 32.6. The van der Waals surface area contributed by atoms with Gasteiger partial charge >= 0.3 is 5.97 Å². The number of hydrogen-bond acceptors (Lipinski definition) is 6. The van der Waals surface area contributed by atoms with E-state index in [0.717, 1.165) is 16.7 Å². The number of ether oxygens (including phenoxy) is 2. The van der Waals surface area contributed by atoms with E-state index < -0.39 is 11.2 Å². The van der Waals surface area contributed by atoms with Crippen LogP contribution >= 0.6 is 23.2 Å². The van der Waals surface area contributed by atoms with Gasteiger partial charge in [0, 0.05) is 34.8 Å². The maximum absolute atomic E-state index is 12.7. The zero-order chi connectivity index (χ0) is 24.6. The fourth-order valence-electron chi connectivity index (χ4n) is 3.31. The fourth-order valence-corrected chi connectivity index (χ4v) is 3.64. The van der Waals surface area contributed by atoms with Crippen LogP contribution in [0.25, 0.3) is 11.4 Å². The second-order valence-corrected chi connectivity index (χ2v) is 8.46. The summed E-state index contributed by atoms with van der Waals surface area (Å²) in [5, 5.41) is -0.000962. The minimum atomic E-state index is -0.492. The van der Waals surface area contributed by atoms with Crippen molar-refractivity contribution in [2.24, 2.45) is 0 Å². The van der Waals surface area contributed by atoms with E-state index in [9.17, 15) is 9.59 Å². The molecule has 6 nitrogen and oxygen atoms in total. The third-order valence-electron chi connectivity index (χ3n) is 5.07. The number of halogens is 2. The Bertz CT molecular complexity index is 1330. The average Bonchev–Trinajstić information content (AvgIpc) is 2.87. The van der Waals surface area contributed by atoms with Crippen molar-refractivity contribution < 1.29 is 19.1 Å². The van der Waals surface area contributed by atoms with Crippen molar-refractivity contribution in [2.75, 3.05) is 0 Å². The van der Waals surface area contributed by atoms with Crippen LogP contribution in [0.4, 0.5) is 0 Å². The molecule has 4 rings (SSSR count). The molecule has 0 fully saturated rings. The number of carbonyl (C=O) groups is 2. The highest BCUT2D eigenvalue weighted by Crippen LogP contribution is 2.22. The van der Waals surface area contributed by atoms with Gasteiger partial charge in [-0.2, -0.15) is 4.98 Å². The van der Waals surface area contributed by atoms with E-state index in [1.807, 2.05) is 42.5 Å². The van der Waals surface area contributed by atoms with Crippen LogP contribution in [0.2, 0.25) is 5.02 Å². The molecule has 1 heterocycles. The molecule has 4 aromatic rings. The highest BCUT2D eigenvalue weighted by Gasteiger charge is 2.15. The normalized spacial score (nSPS) is 10.6. The molecular weight excluding hydrogens is 487 g/mol. The Morgan fingerprint density at radius 2 is 1.63 bits per heavy atom. The number of nitrogens with zero attached hydrogens (tertiary/aromatic N) is 2. The maximum atomic E-state index is 12.7. The SMILES string of the molecule is O=C(Cl)Cc1ccc(-c2nccc(OCc3ccc(Cl)cc3C(=O)OCc3ccccc3)n2)cc1. The van der Waals surface area contributed by atoms with Gasteiger partial charge in [-0.3, -0.25) is 4.79 Å². The third-order valence-corrected chi connectivity index (χ3v) is 5.43. The van der Waals surface area contributed by atoms with Gasteiger partial charge in [0.05, 0.1) is 5.56 Å². The van der Waals surface area contributed by atoms with Crippen LogP contribution in [-0.2, 0) is 29.2 Å². The number of benzene rings is 3. The Labute approximate surface area is 212 Å². The quantitative estimate of drug-likeness (QED) is 0.203. The Kier molecular flexibility index (Phi) is 8.08. The zero-order valence-electron chi connectivity index (χ0n) is 18.5. The number of hydrogen-bond donors (Lipinski definition) is 0. The molecule has 0 unspecified atom stereocenters. The Balaban J connectivity index is 1.45. The molecule has 0 aliphatic heterocycles. The van der Waals surface area contributed by atoms with Gasteiger partial charge in [0.15, 0.2) is 5.82 Å². The first kappa shape index (κ1) is 24.4. The Morgan fingerprint density at radius 1 is 0.857 bits per heavy atom. The van der Waals surface area contributed by atoms with Crippen molar-refractivity contribution in [3.8, 4) is 17.3 Å². The van der Waals surface area contributed by atoms with Crippen molar-refractivity contribution in [2.45, 2.75) is 19.6 Å². The summed E-state index contributed by atoms with van der Waals surface area (Å²) in [6.07, 6.45) is 1.74. The van der Waals surface area contributed by atoms with E-state index in [-0.39, 0.29) is 19.6 Å². The van der Waals surface area contributed by atoms with Crippen LogP contribution in [0.15, 0.2) is 85.1 Å². The Hall–Kier alpha value is -3.74. The summed E-state index contributed by atoms with van der Waals surface area (Å²) in [7, 11) is 0.